The summed E-state index contributed by atoms with van der Waals surface area (Å²) >= 11 is 8.51. The van der Waals surface area contributed by atoms with E-state index in [1.54, 1.807) is 6.20 Å². The number of halogens is 2. The number of aryl methyl sites for hydroxylation is 1. The number of nitrogens with one attached hydrogen (secondary N) is 1. The summed E-state index contributed by atoms with van der Waals surface area (Å²) in [4.78, 5) is 4.42. The van der Waals surface area contributed by atoms with Crippen LogP contribution in [0.4, 0.5) is 5.69 Å². The average Bonchev–Trinajstić information content (AvgIpc) is 2.84. The van der Waals surface area contributed by atoms with Crippen molar-refractivity contribution in [3.8, 4) is 0 Å². The standard InChI is InChI=1S/C15H12ClIN2O/c1-9-7-12(16)15(11-3-2-6-18-14(9)11)19-8-10-4-5-13(17)20-10/h2-7,19H,8H2,1H3. The Kier molecular flexibility index (Phi) is 3.85. The largest absolute Gasteiger partial charge is 0.454 e. The van der Waals surface area contributed by atoms with Gasteiger partial charge in [-0.2, -0.15) is 0 Å². The van der Waals surface area contributed by atoms with E-state index in [-0.39, 0.29) is 0 Å². The first kappa shape index (κ1) is 13.7. The Labute approximate surface area is 135 Å². The normalized spacial score (nSPS) is 10.9. The van der Waals surface area contributed by atoms with E-state index < -0.39 is 0 Å². The van der Waals surface area contributed by atoms with Crippen LogP contribution in [-0.4, -0.2) is 4.98 Å². The lowest BCUT2D eigenvalue weighted by atomic mass is 10.1. The number of anilines is 1. The fourth-order valence-electron chi connectivity index (χ4n) is 2.18. The third-order valence-electron chi connectivity index (χ3n) is 3.10. The van der Waals surface area contributed by atoms with Gasteiger partial charge in [-0.1, -0.05) is 11.6 Å². The molecule has 0 aliphatic rings. The van der Waals surface area contributed by atoms with E-state index in [0.29, 0.717) is 11.6 Å². The molecule has 0 bridgehead atoms. The molecular weight excluding hydrogens is 387 g/mol. The molecular formula is C15H12ClIN2O. The molecule has 0 radical (unpaired) electrons. The molecule has 0 spiro atoms. The Morgan fingerprint density at radius 2 is 2.20 bits per heavy atom. The fourth-order valence-corrected chi connectivity index (χ4v) is 2.98. The number of fused-ring (bicyclic) bond motifs is 1. The molecule has 0 atom stereocenters. The molecule has 1 aromatic carbocycles. The summed E-state index contributed by atoms with van der Waals surface area (Å²) in [5.74, 6) is 0.878. The maximum absolute atomic E-state index is 6.36. The lowest BCUT2D eigenvalue weighted by molar-refractivity contribution is 0.493. The summed E-state index contributed by atoms with van der Waals surface area (Å²) in [6, 6.07) is 9.77. The Balaban J connectivity index is 1.98. The predicted octanol–water partition coefficient (Wildman–Crippen LogP) is 5.01. The number of pyridine rings is 1. The smallest absolute Gasteiger partial charge is 0.164 e. The number of benzene rings is 1. The molecule has 0 fully saturated rings. The van der Waals surface area contributed by atoms with Crippen LogP contribution in [0.15, 0.2) is 40.9 Å². The van der Waals surface area contributed by atoms with Gasteiger partial charge in [0.1, 0.15) is 5.76 Å². The average molecular weight is 399 g/mol. The maximum atomic E-state index is 6.36. The minimum Gasteiger partial charge on any atom is -0.454 e. The van der Waals surface area contributed by atoms with Gasteiger partial charge in [-0.05, 0) is 65.4 Å². The van der Waals surface area contributed by atoms with Crippen LogP contribution in [0.5, 0.6) is 0 Å². The second-order valence-electron chi connectivity index (χ2n) is 4.51. The van der Waals surface area contributed by atoms with Gasteiger partial charge in [-0.25, -0.2) is 0 Å². The quantitative estimate of drug-likeness (QED) is 0.631. The Bertz CT molecular complexity index is 770. The van der Waals surface area contributed by atoms with Crippen molar-refractivity contribution in [2.24, 2.45) is 0 Å². The van der Waals surface area contributed by atoms with Gasteiger partial charge in [0.25, 0.3) is 0 Å². The molecule has 5 heteroatoms. The molecule has 20 heavy (non-hydrogen) atoms. The first-order chi connectivity index (χ1) is 9.65. The monoisotopic (exact) mass is 398 g/mol. The molecule has 0 unspecified atom stereocenters. The van der Waals surface area contributed by atoms with Crippen LogP contribution < -0.4 is 5.32 Å². The van der Waals surface area contributed by atoms with Gasteiger partial charge in [-0.3, -0.25) is 4.98 Å². The summed E-state index contributed by atoms with van der Waals surface area (Å²) < 4.78 is 6.42. The highest BCUT2D eigenvalue weighted by molar-refractivity contribution is 14.1. The summed E-state index contributed by atoms with van der Waals surface area (Å²) in [6.07, 6.45) is 1.79. The van der Waals surface area contributed by atoms with E-state index in [2.05, 4.69) is 32.9 Å². The molecule has 0 saturated carbocycles. The molecule has 0 aliphatic heterocycles. The molecule has 1 N–H and O–H groups in total. The van der Waals surface area contributed by atoms with Crippen molar-refractivity contribution < 1.29 is 4.42 Å². The van der Waals surface area contributed by atoms with Crippen LogP contribution in [-0.2, 0) is 6.54 Å². The van der Waals surface area contributed by atoms with Crippen LogP contribution in [0.2, 0.25) is 5.02 Å². The number of aromatic nitrogens is 1. The van der Waals surface area contributed by atoms with Crippen LogP contribution in [0, 0.1) is 10.7 Å². The zero-order valence-corrected chi connectivity index (χ0v) is 13.7. The van der Waals surface area contributed by atoms with Gasteiger partial charge in [-0.15, -0.1) is 0 Å². The second-order valence-corrected chi connectivity index (χ2v) is 5.98. The van der Waals surface area contributed by atoms with Crippen LogP contribution >= 0.6 is 34.2 Å². The third kappa shape index (κ3) is 2.62. The molecule has 3 aromatic rings. The Hall–Kier alpha value is -1.27. The van der Waals surface area contributed by atoms with Gasteiger partial charge < -0.3 is 9.73 Å². The van der Waals surface area contributed by atoms with Crippen LogP contribution in [0.1, 0.15) is 11.3 Å². The highest BCUT2D eigenvalue weighted by atomic mass is 127. The molecule has 0 amide bonds. The Morgan fingerprint density at radius 1 is 1.35 bits per heavy atom. The molecule has 102 valence electrons. The number of hydrogen-bond donors (Lipinski definition) is 1. The summed E-state index contributed by atoms with van der Waals surface area (Å²) in [7, 11) is 0. The summed E-state index contributed by atoms with van der Waals surface area (Å²) in [5.41, 5.74) is 2.93. The number of hydrogen-bond acceptors (Lipinski definition) is 3. The summed E-state index contributed by atoms with van der Waals surface area (Å²) in [6.45, 7) is 2.61. The van der Waals surface area contributed by atoms with Crippen LogP contribution in [0.3, 0.4) is 0 Å². The zero-order chi connectivity index (χ0) is 14.1. The van der Waals surface area contributed by atoms with Gasteiger partial charge >= 0.3 is 0 Å². The topological polar surface area (TPSA) is 38.1 Å². The van der Waals surface area contributed by atoms with E-state index >= 15 is 0 Å². The van der Waals surface area contributed by atoms with E-state index in [1.165, 1.54) is 0 Å². The lowest BCUT2D eigenvalue weighted by Gasteiger charge is -2.12. The highest BCUT2D eigenvalue weighted by Gasteiger charge is 2.10. The second kappa shape index (κ2) is 5.61. The summed E-state index contributed by atoms with van der Waals surface area (Å²) in [5, 5.41) is 5.07. The molecule has 3 nitrogen and oxygen atoms in total. The van der Waals surface area contributed by atoms with E-state index in [0.717, 1.165) is 31.7 Å². The Morgan fingerprint density at radius 3 is 2.95 bits per heavy atom. The minimum atomic E-state index is 0.593. The number of nitrogens with zero attached hydrogens (tertiary/aromatic N) is 1. The van der Waals surface area contributed by atoms with Gasteiger partial charge in [0.15, 0.2) is 3.77 Å². The first-order valence-electron chi connectivity index (χ1n) is 6.17. The fraction of sp³-hybridized carbons (Fsp3) is 0.133. The number of furan rings is 1. The van der Waals surface area contributed by atoms with Crippen molar-refractivity contribution in [1.82, 2.24) is 4.98 Å². The predicted molar refractivity (Wildman–Crippen MR) is 90.2 cm³/mol. The molecule has 0 saturated heterocycles. The zero-order valence-electron chi connectivity index (χ0n) is 10.8. The SMILES string of the molecule is Cc1cc(Cl)c(NCc2ccc(I)o2)c2cccnc12. The molecule has 2 heterocycles. The van der Waals surface area contributed by atoms with Crippen molar-refractivity contribution >= 4 is 50.8 Å². The highest BCUT2D eigenvalue weighted by Crippen LogP contribution is 2.33. The van der Waals surface area contributed by atoms with Crippen molar-refractivity contribution in [1.29, 1.82) is 0 Å². The lowest BCUT2D eigenvalue weighted by Crippen LogP contribution is -2.00. The molecule has 3 rings (SSSR count). The van der Waals surface area contributed by atoms with Crippen LogP contribution in [0.25, 0.3) is 10.9 Å². The van der Waals surface area contributed by atoms with Crippen molar-refractivity contribution in [3.63, 3.8) is 0 Å². The molecule has 0 aliphatic carbocycles. The maximum Gasteiger partial charge on any atom is 0.164 e. The van der Waals surface area contributed by atoms with E-state index in [4.69, 9.17) is 16.0 Å². The van der Waals surface area contributed by atoms with Gasteiger partial charge in [0, 0.05) is 11.6 Å². The minimum absolute atomic E-state index is 0.593. The number of rotatable bonds is 3. The van der Waals surface area contributed by atoms with Crippen molar-refractivity contribution in [2.45, 2.75) is 13.5 Å². The van der Waals surface area contributed by atoms with E-state index in [1.807, 2.05) is 37.3 Å². The molecule has 2 aromatic heterocycles. The van der Waals surface area contributed by atoms with E-state index in [9.17, 15) is 0 Å². The third-order valence-corrected chi connectivity index (χ3v) is 3.98. The van der Waals surface area contributed by atoms with Crippen molar-refractivity contribution in [3.05, 3.63) is 56.6 Å². The first-order valence-corrected chi connectivity index (χ1v) is 7.63. The van der Waals surface area contributed by atoms with Crippen molar-refractivity contribution in [2.75, 3.05) is 5.32 Å². The van der Waals surface area contributed by atoms with Gasteiger partial charge in [0.2, 0.25) is 0 Å². The van der Waals surface area contributed by atoms with Gasteiger partial charge in [0.05, 0.1) is 22.8 Å².